The molecule has 0 aliphatic carbocycles. The molecule has 0 bridgehead atoms. The zero-order valence-electron chi connectivity index (χ0n) is 9.18. The first-order valence-electron chi connectivity index (χ1n) is 4.81. The molecule has 2 heterocycles. The summed E-state index contributed by atoms with van der Waals surface area (Å²) in [5.41, 5.74) is 5.88. The molecule has 0 aliphatic rings. The van der Waals surface area contributed by atoms with Crippen LogP contribution < -0.4 is 5.73 Å². The Bertz CT molecular complexity index is 605. The van der Waals surface area contributed by atoms with Gasteiger partial charge in [0, 0.05) is 9.35 Å². The number of rotatable bonds is 3. The van der Waals surface area contributed by atoms with Gasteiger partial charge >= 0.3 is 5.69 Å². The maximum absolute atomic E-state index is 10.8. The third kappa shape index (κ3) is 2.36. The third-order valence-corrected chi connectivity index (χ3v) is 4.78. The number of nitrogens with two attached hydrogens (primary N) is 1. The molecule has 18 heavy (non-hydrogen) atoms. The first-order chi connectivity index (χ1) is 8.40. The Labute approximate surface area is 120 Å². The lowest BCUT2D eigenvalue weighted by atomic mass is 10.4. The van der Waals surface area contributed by atoms with Crippen LogP contribution in [0.15, 0.2) is 10.5 Å². The van der Waals surface area contributed by atoms with Crippen molar-refractivity contribution in [3.63, 3.8) is 0 Å². The van der Waals surface area contributed by atoms with Crippen LogP contribution in [-0.2, 0) is 6.54 Å². The van der Waals surface area contributed by atoms with Gasteiger partial charge in [-0.05, 0) is 28.9 Å². The molecule has 0 spiro atoms. The zero-order valence-corrected chi connectivity index (χ0v) is 12.3. The van der Waals surface area contributed by atoms with Crippen LogP contribution in [0, 0.1) is 17.0 Å². The van der Waals surface area contributed by atoms with Gasteiger partial charge in [0.05, 0.1) is 11.5 Å². The lowest BCUT2D eigenvalue weighted by molar-refractivity contribution is -0.384. The van der Waals surface area contributed by atoms with Gasteiger partial charge in [-0.1, -0.05) is 11.6 Å². The molecule has 0 fully saturated rings. The van der Waals surface area contributed by atoms with Gasteiger partial charge in [0.25, 0.3) is 0 Å². The number of halogens is 2. The summed E-state index contributed by atoms with van der Waals surface area (Å²) >= 11 is 10.6. The average molecular weight is 352 g/mol. The molecule has 2 rings (SSSR count). The summed E-state index contributed by atoms with van der Waals surface area (Å²) < 4.78 is 2.82. The van der Waals surface area contributed by atoms with Crippen molar-refractivity contribution in [3.8, 4) is 0 Å². The van der Waals surface area contributed by atoms with E-state index in [0.717, 1.165) is 9.35 Å². The maximum atomic E-state index is 10.8. The molecule has 2 N–H and O–H groups in total. The molecule has 96 valence electrons. The van der Waals surface area contributed by atoms with E-state index in [1.807, 2.05) is 6.07 Å². The second-order valence-corrected chi connectivity index (χ2v) is 6.16. The molecule has 0 saturated heterocycles. The van der Waals surface area contributed by atoms with Crippen molar-refractivity contribution in [3.05, 3.63) is 35.6 Å². The Hall–Kier alpha value is -1.12. The fraction of sp³-hybridized carbons (Fsp3) is 0.222. The van der Waals surface area contributed by atoms with Crippen molar-refractivity contribution in [2.45, 2.75) is 13.5 Å². The highest BCUT2D eigenvalue weighted by molar-refractivity contribution is 9.10. The second-order valence-electron chi connectivity index (χ2n) is 3.57. The van der Waals surface area contributed by atoms with Crippen LogP contribution in [0.2, 0.25) is 4.34 Å². The standard InChI is InChI=1S/C9H8BrClN4O2S/c1-4-7(15(16)17)9(12)14(13-4)3-5-2-6(10)8(11)18-5/h2H,3,12H2,1H3. The van der Waals surface area contributed by atoms with Crippen LogP contribution in [0.25, 0.3) is 0 Å². The Kier molecular flexibility index (Phi) is 3.60. The zero-order chi connectivity index (χ0) is 13.4. The lowest BCUT2D eigenvalue weighted by Crippen LogP contribution is -2.05. The average Bonchev–Trinajstić information content (AvgIpc) is 2.69. The molecule has 0 atom stereocenters. The van der Waals surface area contributed by atoms with Crippen molar-refractivity contribution < 1.29 is 4.92 Å². The highest BCUT2D eigenvalue weighted by Crippen LogP contribution is 2.33. The fourth-order valence-electron chi connectivity index (χ4n) is 1.55. The van der Waals surface area contributed by atoms with Gasteiger partial charge in [-0.3, -0.25) is 10.1 Å². The van der Waals surface area contributed by atoms with Crippen molar-refractivity contribution in [2.24, 2.45) is 0 Å². The molecular weight excluding hydrogens is 344 g/mol. The largest absolute Gasteiger partial charge is 0.378 e. The molecule has 0 aliphatic heterocycles. The Morgan fingerprint density at radius 2 is 2.39 bits per heavy atom. The van der Waals surface area contributed by atoms with Gasteiger partial charge in [0.15, 0.2) is 0 Å². The van der Waals surface area contributed by atoms with Crippen LogP contribution in [0.5, 0.6) is 0 Å². The van der Waals surface area contributed by atoms with E-state index in [0.29, 0.717) is 16.6 Å². The van der Waals surface area contributed by atoms with Crippen molar-refractivity contribution >= 4 is 50.4 Å². The van der Waals surface area contributed by atoms with E-state index < -0.39 is 4.92 Å². The first kappa shape index (κ1) is 13.3. The SMILES string of the molecule is Cc1nn(Cc2cc(Br)c(Cl)s2)c(N)c1[N+](=O)[O-]. The summed E-state index contributed by atoms with van der Waals surface area (Å²) in [6.45, 7) is 1.92. The predicted octanol–water partition coefficient (Wildman–Crippen LogP) is 3.21. The third-order valence-electron chi connectivity index (χ3n) is 2.32. The van der Waals surface area contributed by atoms with E-state index >= 15 is 0 Å². The molecular formula is C9H8BrClN4O2S. The van der Waals surface area contributed by atoms with Crippen LogP contribution in [0.3, 0.4) is 0 Å². The number of hydrogen-bond donors (Lipinski definition) is 1. The van der Waals surface area contributed by atoms with E-state index in [9.17, 15) is 10.1 Å². The number of nitrogens with zero attached hydrogens (tertiary/aromatic N) is 3. The smallest absolute Gasteiger partial charge is 0.333 e. The van der Waals surface area contributed by atoms with E-state index in [1.165, 1.54) is 16.0 Å². The monoisotopic (exact) mass is 350 g/mol. The summed E-state index contributed by atoms with van der Waals surface area (Å²) in [4.78, 5) is 11.2. The summed E-state index contributed by atoms with van der Waals surface area (Å²) in [7, 11) is 0. The van der Waals surface area contributed by atoms with Gasteiger partial charge in [0.2, 0.25) is 5.82 Å². The van der Waals surface area contributed by atoms with E-state index in [4.69, 9.17) is 17.3 Å². The summed E-state index contributed by atoms with van der Waals surface area (Å²) in [6, 6.07) is 1.84. The number of nitrogen functional groups attached to an aromatic ring is 1. The molecule has 0 aromatic carbocycles. The van der Waals surface area contributed by atoms with Crippen LogP contribution in [0.4, 0.5) is 11.5 Å². The van der Waals surface area contributed by atoms with Crippen molar-refractivity contribution in [2.75, 3.05) is 5.73 Å². The van der Waals surface area contributed by atoms with Gasteiger partial charge < -0.3 is 5.73 Å². The first-order valence-corrected chi connectivity index (χ1v) is 6.80. The molecule has 6 nitrogen and oxygen atoms in total. The Morgan fingerprint density at radius 3 is 2.83 bits per heavy atom. The highest BCUT2D eigenvalue weighted by Gasteiger charge is 2.23. The number of aromatic nitrogens is 2. The van der Waals surface area contributed by atoms with E-state index in [1.54, 1.807) is 6.92 Å². The lowest BCUT2D eigenvalue weighted by Gasteiger charge is -1.99. The molecule has 0 amide bonds. The molecule has 0 radical (unpaired) electrons. The van der Waals surface area contributed by atoms with Crippen LogP contribution >= 0.6 is 38.9 Å². The number of thiophene rings is 1. The quantitative estimate of drug-likeness (QED) is 0.679. The van der Waals surface area contributed by atoms with Gasteiger partial charge in [-0.15, -0.1) is 11.3 Å². The van der Waals surface area contributed by atoms with Crippen molar-refractivity contribution in [1.29, 1.82) is 0 Å². The minimum absolute atomic E-state index is 0.0538. The van der Waals surface area contributed by atoms with Gasteiger partial charge in [0.1, 0.15) is 10.0 Å². The van der Waals surface area contributed by atoms with Crippen LogP contribution in [-0.4, -0.2) is 14.7 Å². The van der Waals surface area contributed by atoms with E-state index in [2.05, 4.69) is 21.0 Å². The molecule has 0 saturated carbocycles. The molecule has 0 unspecified atom stereocenters. The molecule has 9 heteroatoms. The van der Waals surface area contributed by atoms with Crippen LogP contribution in [0.1, 0.15) is 10.6 Å². The molecule has 2 aromatic rings. The predicted molar refractivity (Wildman–Crippen MR) is 74.2 cm³/mol. The summed E-state index contributed by atoms with van der Waals surface area (Å²) in [5, 5.41) is 14.9. The maximum Gasteiger partial charge on any atom is 0.333 e. The van der Waals surface area contributed by atoms with Crippen molar-refractivity contribution in [1.82, 2.24) is 9.78 Å². The topological polar surface area (TPSA) is 87.0 Å². The van der Waals surface area contributed by atoms with Gasteiger partial charge in [-0.2, -0.15) is 5.10 Å². The number of aryl methyl sites for hydroxylation is 1. The highest BCUT2D eigenvalue weighted by atomic mass is 79.9. The Balaban J connectivity index is 2.35. The van der Waals surface area contributed by atoms with E-state index in [-0.39, 0.29) is 11.5 Å². The normalized spacial score (nSPS) is 10.8. The Morgan fingerprint density at radius 1 is 1.72 bits per heavy atom. The minimum atomic E-state index is -0.522. The fourth-order valence-corrected chi connectivity index (χ4v) is 3.33. The summed E-state index contributed by atoms with van der Waals surface area (Å²) in [6.07, 6.45) is 0. The number of hydrogen-bond acceptors (Lipinski definition) is 5. The number of anilines is 1. The summed E-state index contributed by atoms with van der Waals surface area (Å²) in [5.74, 6) is 0.0538. The molecule has 2 aromatic heterocycles. The second kappa shape index (κ2) is 4.87. The number of nitro groups is 1. The van der Waals surface area contributed by atoms with Gasteiger partial charge in [-0.25, -0.2) is 4.68 Å². The minimum Gasteiger partial charge on any atom is -0.378 e.